The first-order valence-electron chi connectivity index (χ1n) is 9.22. The van der Waals surface area contributed by atoms with E-state index in [2.05, 4.69) is 10.00 Å². The van der Waals surface area contributed by atoms with Crippen LogP contribution >= 0.6 is 11.3 Å². The third-order valence-corrected chi connectivity index (χ3v) is 5.91. The van der Waals surface area contributed by atoms with Crippen molar-refractivity contribution in [3.63, 3.8) is 0 Å². The first-order valence-corrected chi connectivity index (χ1v) is 10.0. The Balaban J connectivity index is 2.05. The van der Waals surface area contributed by atoms with Gasteiger partial charge >= 0.3 is 0 Å². The highest BCUT2D eigenvalue weighted by molar-refractivity contribution is 7.22. The number of anilines is 1. The Morgan fingerprint density at radius 2 is 1.96 bits per heavy atom. The van der Waals surface area contributed by atoms with Crippen molar-refractivity contribution in [1.29, 1.82) is 0 Å². The summed E-state index contributed by atoms with van der Waals surface area (Å²) in [6, 6.07) is 3.94. The van der Waals surface area contributed by atoms with Gasteiger partial charge in [-0.25, -0.2) is 4.98 Å². The van der Waals surface area contributed by atoms with Crippen molar-refractivity contribution in [3.8, 4) is 5.75 Å². The first-order chi connectivity index (χ1) is 13.3. The molecule has 8 heteroatoms. The standard InChI is InChI=1S/C20H27N5O2S/c1-13-8-9-15(27-6)16-18(13)28-20(22-16)25(11-7-10-23(3)4)19(26)17-14(2)12-21-24(17)5/h8-9,12H,7,10-11H2,1-6H3. The molecule has 2 aromatic heterocycles. The average Bonchev–Trinajstić information content (AvgIpc) is 3.23. The number of carbonyl (C=O) groups excluding carboxylic acids is 1. The van der Waals surface area contributed by atoms with Crippen molar-refractivity contribution in [2.45, 2.75) is 20.3 Å². The highest BCUT2D eigenvalue weighted by Gasteiger charge is 2.26. The Labute approximate surface area is 169 Å². The molecule has 0 aliphatic heterocycles. The number of rotatable bonds is 7. The summed E-state index contributed by atoms with van der Waals surface area (Å²) in [6.45, 7) is 5.43. The highest BCUT2D eigenvalue weighted by atomic mass is 32.1. The molecule has 0 aliphatic rings. The van der Waals surface area contributed by atoms with Crippen LogP contribution in [0.2, 0.25) is 0 Å². The predicted octanol–water partition coefficient (Wildman–Crippen LogP) is 3.25. The van der Waals surface area contributed by atoms with Crippen molar-refractivity contribution in [3.05, 3.63) is 35.2 Å². The van der Waals surface area contributed by atoms with Gasteiger partial charge in [0.2, 0.25) is 0 Å². The van der Waals surface area contributed by atoms with Crippen LogP contribution in [-0.2, 0) is 7.05 Å². The van der Waals surface area contributed by atoms with E-state index < -0.39 is 0 Å². The number of amides is 1. The van der Waals surface area contributed by atoms with E-state index in [1.54, 1.807) is 29.9 Å². The fourth-order valence-electron chi connectivity index (χ4n) is 3.19. The minimum Gasteiger partial charge on any atom is -0.494 e. The molecule has 0 aliphatic carbocycles. The number of aryl methyl sites for hydroxylation is 3. The zero-order chi connectivity index (χ0) is 20.4. The quantitative estimate of drug-likeness (QED) is 0.608. The molecule has 0 N–H and O–H groups in total. The molecule has 2 heterocycles. The lowest BCUT2D eigenvalue weighted by atomic mass is 10.2. The van der Waals surface area contributed by atoms with Gasteiger partial charge in [-0.1, -0.05) is 17.4 Å². The molecule has 3 aromatic rings. The number of methoxy groups -OCH3 is 1. The van der Waals surface area contributed by atoms with Gasteiger partial charge in [0, 0.05) is 13.6 Å². The van der Waals surface area contributed by atoms with Gasteiger partial charge in [0.15, 0.2) is 5.13 Å². The Morgan fingerprint density at radius 3 is 2.57 bits per heavy atom. The van der Waals surface area contributed by atoms with Gasteiger partial charge in [0.1, 0.15) is 17.0 Å². The molecule has 0 fully saturated rings. The zero-order valence-corrected chi connectivity index (χ0v) is 18.1. The molecular weight excluding hydrogens is 374 g/mol. The number of benzene rings is 1. The van der Waals surface area contributed by atoms with Gasteiger partial charge in [-0.05, 0) is 58.1 Å². The molecule has 28 heavy (non-hydrogen) atoms. The van der Waals surface area contributed by atoms with Crippen LogP contribution in [0.15, 0.2) is 18.3 Å². The van der Waals surface area contributed by atoms with E-state index in [0.29, 0.717) is 17.4 Å². The minimum absolute atomic E-state index is 0.0769. The van der Waals surface area contributed by atoms with Gasteiger partial charge in [0.25, 0.3) is 5.91 Å². The Bertz CT molecular complexity index is 973. The van der Waals surface area contributed by atoms with Crippen LogP contribution in [0.1, 0.15) is 28.0 Å². The lowest BCUT2D eigenvalue weighted by molar-refractivity contribution is 0.0976. The summed E-state index contributed by atoms with van der Waals surface area (Å²) in [5.74, 6) is 0.646. The molecule has 3 rings (SSSR count). The summed E-state index contributed by atoms with van der Waals surface area (Å²) in [7, 11) is 7.50. The number of hydrogen-bond donors (Lipinski definition) is 0. The maximum absolute atomic E-state index is 13.4. The number of thiazole rings is 1. The second-order valence-electron chi connectivity index (χ2n) is 7.17. The number of hydrogen-bond acceptors (Lipinski definition) is 6. The van der Waals surface area contributed by atoms with E-state index >= 15 is 0 Å². The first kappa shape index (κ1) is 20.3. The summed E-state index contributed by atoms with van der Waals surface area (Å²) in [6.07, 6.45) is 2.57. The number of nitrogens with zero attached hydrogens (tertiary/aromatic N) is 5. The molecular formula is C20H27N5O2S. The van der Waals surface area contributed by atoms with Crippen LogP contribution in [0.3, 0.4) is 0 Å². The van der Waals surface area contributed by atoms with E-state index in [-0.39, 0.29) is 5.91 Å². The smallest absolute Gasteiger partial charge is 0.278 e. The van der Waals surface area contributed by atoms with Crippen LogP contribution in [0, 0.1) is 13.8 Å². The summed E-state index contributed by atoms with van der Waals surface area (Å²) in [5.41, 5.74) is 3.37. The normalized spacial score (nSPS) is 11.4. The maximum Gasteiger partial charge on any atom is 0.278 e. The summed E-state index contributed by atoms with van der Waals surface area (Å²) in [5, 5.41) is 4.92. The monoisotopic (exact) mass is 401 g/mol. The van der Waals surface area contributed by atoms with E-state index in [1.807, 2.05) is 40.1 Å². The summed E-state index contributed by atoms with van der Waals surface area (Å²) >= 11 is 1.53. The average molecular weight is 402 g/mol. The Hall–Kier alpha value is -2.45. The Kier molecular flexibility index (Phi) is 6.00. The summed E-state index contributed by atoms with van der Waals surface area (Å²) in [4.78, 5) is 22.1. The third kappa shape index (κ3) is 3.88. The van der Waals surface area contributed by atoms with Crippen LogP contribution < -0.4 is 9.64 Å². The second kappa shape index (κ2) is 8.28. The van der Waals surface area contributed by atoms with Crippen molar-refractivity contribution < 1.29 is 9.53 Å². The van der Waals surface area contributed by atoms with E-state index in [9.17, 15) is 4.79 Å². The van der Waals surface area contributed by atoms with Crippen molar-refractivity contribution >= 4 is 32.6 Å². The lowest BCUT2D eigenvalue weighted by Crippen LogP contribution is -2.35. The van der Waals surface area contributed by atoms with Crippen LogP contribution in [0.5, 0.6) is 5.75 Å². The van der Waals surface area contributed by atoms with E-state index in [4.69, 9.17) is 9.72 Å². The largest absolute Gasteiger partial charge is 0.494 e. The zero-order valence-electron chi connectivity index (χ0n) is 17.3. The molecule has 0 spiro atoms. The molecule has 7 nitrogen and oxygen atoms in total. The molecule has 0 radical (unpaired) electrons. The number of ether oxygens (including phenoxy) is 1. The number of aromatic nitrogens is 3. The van der Waals surface area contributed by atoms with Crippen LogP contribution in [0.25, 0.3) is 10.2 Å². The van der Waals surface area contributed by atoms with Crippen LogP contribution in [-0.4, -0.2) is 59.9 Å². The van der Waals surface area contributed by atoms with Crippen molar-refractivity contribution in [2.75, 3.05) is 39.2 Å². The maximum atomic E-state index is 13.4. The van der Waals surface area contributed by atoms with Crippen molar-refractivity contribution in [1.82, 2.24) is 19.7 Å². The van der Waals surface area contributed by atoms with Gasteiger partial charge in [-0.15, -0.1) is 0 Å². The highest BCUT2D eigenvalue weighted by Crippen LogP contribution is 2.37. The molecule has 0 unspecified atom stereocenters. The fourth-order valence-corrected chi connectivity index (χ4v) is 4.27. The second-order valence-corrected chi connectivity index (χ2v) is 8.15. The number of fused-ring (bicyclic) bond motifs is 1. The van der Waals surface area contributed by atoms with Gasteiger partial charge in [-0.3, -0.25) is 14.4 Å². The predicted molar refractivity (Wildman–Crippen MR) is 114 cm³/mol. The number of carbonyl (C=O) groups is 1. The minimum atomic E-state index is -0.0769. The van der Waals surface area contributed by atoms with E-state index in [1.165, 1.54) is 11.3 Å². The van der Waals surface area contributed by atoms with Gasteiger partial charge in [0.05, 0.1) is 18.0 Å². The third-order valence-electron chi connectivity index (χ3n) is 4.70. The van der Waals surface area contributed by atoms with Crippen LogP contribution in [0.4, 0.5) is 5.13 Å². The molecule has 0 atom stereocenters. The molecule has 0 saturated heterocycles. The molecule has 0 saturated carbocycles. The molecule has 1 aromatic carbocycles. The van der Waals surface area contributed by atoms with E-state index in [0.717, 1.165) is 40.1 Å². The Morgan fingerprint density at radius 1 is 1.21 bits per heavy atom. The van der Waals surface area contributed by atoms with Gasteiger partial charge < -0.3 is 9.64 Å². The fraction of sp³-hybridized carbons (Fsp3) is 0.450. The molecule has 150 valence electrons. The lowest BCUT2D eigenvalue weighted by Gasteiger charge is -2.21. The van der Waals surface area contributed by atoms with Crippen molar-refractivity contribution in [2.24, 2.45) is 7.05 Å². The molecule has 1 amide bonds. The van der Waals surface area contributed by atoms with Gasteiger partial charge in [-0.2, -0.15) is 5.10 Å². The summed E-state index contributed by atoms with van der Waals surface area (Å²) < 4.78 is 8.16. The topological polar surface area (TPSA) is 63.5 Å². The molecule has 0 bridgehead atoms. The SMILES string of the molecule is COc1ccc(C)c2sc(N(CCCN(C)C)C(=O)c3c(C)cnn3C)nc12.